The van der Waals surface area contributed by atoms with Crippen molar-refractivity contribution in [1.29, 1.82) is 0 Å². The third-order valence-corrected chi connectivity index (χ3v) is 4.95. The average Bonchev–Trinajstić information content (AvgIpc) is 2.79. The number of nitrogens with zero attached hydrogens (tertiary/aromatic N) is 1. The topological polar surface area (TPSA) is 50.7 Å². The second-order valence-corrected chi connectivity index (χ2v) is 7.01. The van der Waals surface area contributed by atoms with Gasteiger partial charge in [-0.05, 0) is 64.7 Å². The largest absolute Gasteiger partial charge is 0.489 e. The molecule has 1 amide bonds. The molecule has 0 aliphatic rings. The van der Waals surface area contributed by atoms with E-state index in [4.69, 9.17) is 4.74 Å². The van der Waals surface area contributed by atoms with E-state index in [2.05, 4.69) is 29.6 Å². The maximum atomic E-state index is 12.5. The maximum Gasteiger partial charge on any atom is 0.271 e. The van der Waals surface area contributed by atoms with Crippen molar-refractivity contribution in [2.24, 2.45) is 5.10 Å². The van der Waals surface area contributed by atoms with E-state index >= 15 is 0 Å². The molecule has 0 fully saturated rings. The van der Waals surface area contributed by atoms with Crippen LogP contribution in [0.2, 0.25) is 0 Å². The van der Waals surface area contributed by atoms with Gasteiger partial charge in [0.15, 0.2) is 0 Å². The highest BCUT2D eigenvalue weighted by molar-refractivity contribution is 6.07. The SMILES string of the molecule is Cc1ccccc1COc1ccc(/C=N\NC(=O)c2cccc3ccccc23)cc1. The van der Waals surface area contributed by atoms with Gasteiger partial charge >= 0.3 is 0 Å². The molecule has 30 heavy (non-hydrogen) atoms. The molecule has 0 bridgehead atoms. The van der Waals surface area contributed by atoms with E-state index in [1.807, 2.05) is 72.8 Å². The third kappa shape index (κ3) is 4.55. The third-order valence-electron chi connectivity index (χ3n) is 4.95. The highest BCUT2D eigenvalue weighted by atomic mass is 16.5. The van der Waals surface area contributed by atoms with E-state index in [0.29, 0.717) is 12.2 Å². The van der Waals surface area contributed by atoms with E-state index in [1.165, 1.54) is 11.1 Å². The van der Waals surface area contributed by atoms with Crippen molar-refractivity contribution in [3.63, 3.8) is 0 Å². The molecule has 0 saturated carbocycles. The van der Waals surface area contributed by atoms with Crippen LogP contribution < -0.4 is 10.2 Å². The molecule has 4 aromatic rings. The molecule has 0 aliphatic heterocycles. The summed E-state index contributed by atoms with van der Waals surface area (Å²) in [5.74, 6) is 0.552. The van der Waals surface area contributed by atoms with Crippen LogP contribution in [0.25, 0.3) is 10.8 Å². The summed E-state index contributed by atoms with van der Waals surface area (Å²) in [4.78, 5) is 12.5. The molecule has 4 heteroatoms. The van der Waals surface area contributed by atoms with Gasteiger partial charge in [-0.2, -0.15) is 5.10 Å². The lowest BCUT2D eigenvalue weighted by molar-refractivity contribution is 0.0957. The van der Waals surface area contributed by atoms with Crippen molar-refractivity contribution in [2.75, 3.05) is 0 Å². The van der Waals surface area contributed by atoms with Crippen LogP contribution in [-0.4, -0.2) is 12.1 Å². The fourth-order valence-electron chi connectivity index (χ4n) is 3.23. The predicted octanol–water partition coefficient (Wildman–Crippen LogP) is 5.49. The number of rotatable bonds is 6. The van der Waals surface area contributed by atoms with Crippen molar-refractivity contribution in [3.05, 3.63) is 113 Å². The van der Waals surface area contributed by atoms with Crippen LogP contribution in [0.15, 0.2) is 96.1 Å². The van der Waals surface area contributed by atoms with Crippen LogP contribution in [0, 0.1) is 6.92 Å². The Morgan fingerprint density at radius 2 is 1.63 bits per heavy atom. The Bertz CT molecular complexity index is 1190. The Kier molecular flexibility index (Phi) is 5.85. The lowest BCUT2D eigenvalue weighted by atomic mass is 10.0. The molecule has 0 unspecified atom stereocenters. The number of amides is 1. The fourth-order valence-corrected chi connectivity index (χ4v) is 3.23. The van der Waals surface area contributed by atoms with Gasteiger partial charge in [0, 0.05) is 5.56 Å². The molecular formula is C26H22N2O2. The van der Waals surface area contributed by atoms with E-state index in [0.717, 1.165) is 22.1 Å². The van der Waals surface area contributed by atoms with Gasteiger partial charge in [-0.1, -0.05) is 60.7 Å². The van der Waals surface area contributed by atoms with Gasteiger partial charge in [0.05, 0.1) is 6.21 Å². The van der Waals surface area contributed by atoms with Gasteiger partial charge in [0.2, 0.25) is 0 Å². The van der Waals surface area contributed by atoms with Gasteiger partial charge in [0.1, 0.15) is 12.4 Å². The molecule has 4 rings (SSSR count). The van der Waals surface area contributed by atoms with Gasteiger partial charge in [-0.25, -0.2) is 5.43 Å². The van der Waals surface area contributed by atoms with E-state index in [9.17, 15) is 4.79 Å². The zero-order valence-corrected chi connectivity index (χ0v) is 16.7. The van der Waals surface area contributed by atoms with E-state index < -0.39 is 0 Å². The van der Waals surface area contributed by atoms with E-state index in [-0.39, 0.29) is 5.91 Å². The zero-order chi connectivity index (χ0) is 20.8. The number of hydrazone groups is 1. The summed E-state index contributed by atoms with van der Waals surface area (Å²) in [6.45, 7) is 2.60. The van der Waals surface area contributed by atoms with E-state index in [1.54, 1.807) is 12.3 Å². The lowest BCUT2D eigenvalue weighted by Crippen LogP contribution is -2.17. The summed E-state index contributed by atoms with van der Waals surface area (Å²) < 4.78 is 5.86. The molecule has 0 atom stereocenters. The number of hydrogen-bond acceptors (Lipinski definition) is 3. The molecule has 0 aromatic heterocycles. The summed E-state index contributed by atoms with van der Waals surface area (Å²) >= 11 is 0. The smallest absolute Gasteiger partial charge is 0.271 e. The minimum atomic E-state index is -0.235. The summed E-state index contributed by atoms with van der Waals surface area (Å²) in [5, 5.41) is 6.02. The summed E-state index contributed by atoms with van der Waals surface area (Å²) in [5.41, 5.74) is 6.46. The first-order chi connectivity index (χ1) is 14.7. The number of fused-ring (bicyclic) bond motifs is 1. The molecule has 0 aliphatic carbocycles. The summed E-state index contributed by atoms with van der Waals surface area (Å²) in [6.07, 6.45) is 1.62. The molecule has 4 aromatic carbocycles. The maximum absolute atomic E-state index is 12.5. The predicted molar refractivity (Wildman–Crippen MR) is 121 cm³/mol. The standard InChI is InChI=1S/C26H22N2O2/c1-19-7-2-3-9-22(19)18-30-23-15-13-20(14-16-23)17-27-28-26(29)25-12-6-10-21-8-4-5-11-24(21)25/h2-17H,18H2,1H3,(H,28,29)/b27-17-. The molecule has 0 radical (unpaired) electrons. The second kappa shape index (κ2) is 9.05. The second-order valence-electron chi connectivity index (χ2n) is 7.01. The zero-order valence-electron chi connectivity index (χ0n) is 16.7. The first-order valence-corrected chi connectivity index (χ1v) is 9.79. The molecule has 1 N–H and O–H groups in total. The number of carbonyl (C=O) groups is 1. The average molecular weight is 394 g/mol. The van der Waals surface area contributed by atoms with Gasteiger partial charge in [0.25, 0.3) is 5.91 Å². The fraction of sp³-hybridized carbons (Fsp3) is 0.0769. The number of ether oxygens (including phenoxy) is 1. The van der Waals surface area contributed by atoms with Crippen LogP contribution in [-0.2, 0) is 6.61 Å². The Labute approximate surface area is 175 Å². The monoisotopic (exact) mass is 394 g/mol. The summed E-state index contributed by atoms with van der Waals surface area (Å²) in [7, 11) is 0. The van der Waals surface area contributed by atoms with Gasteiger partial charge < -0.3 is 4.74 Å². The van der Waals surface area contributed by atoms with Gasteiger partial charge in [-0.3, -0.25) is 4.79 Å². The minimum Gasteiger partial charge on any atom is -0.489 e. The van der Waals surface area contributed by atoms with Crippen LogP contribution in [0.5, 0.6) is 5.75 Å². The molecular weight excluding hydrogens is 372 g/mol. The Balaban J connectivity index is 1.36. The number of carbonyl (C=O) groups excluding carboxylic acids is 1. The normalized spacial score (nSPS) is 11.0. The lowest BCUT2D eigenvalue weighted by Gasteiger charge is -2.08. The molecule has 0 spiro atoms. The quantitative estimate of drug-likeness (QED) is 0.347. The number of hydrogen-bond donors (Lipinski definition) is 1. The van der Waals surface area contributed by atoms with Crippen molar-refractivity contribution in [3.8, 4) is 5.75 Å². The van der Waals surface area contributed by atoms with Crippen molar-refractivity contribution in [1.82, 2.24) is 5.43 Å². The molecule has 148 valence electrons. The number of aryl methyl sites for hydroxylation is 1. The minimum absolute atomic E-state index is 0.235. The first-order valence-electron chi connectivity index (χ1n) is 9.79. The number of benzene rings is 4. The Morgan fingerprint density at radius 3 is 2.47 bits per heavy atom. The molecule has 4 nitrogen and oxygen atoms in total. The highest BCUT2D eigenvalue weighted by Crippen LogP contribution is 2.18. The van der Waals surface area contributed by atoms with Gasteiger partial charge in [-0.15, -0.1) is 0 Å². The molecule has 0 saturated heterocycles. The van der Waals surface area contributed by atoms with Crippen molar-refractivity contribution < 1.29 is 9.53 Å². The Hall–Kier alpha value is -3.92. The Morgan fingerprint density at radius 1 is 0.900 bits per heavy atom. The number of nitrogens with one attached hydrogen (secondary N) is 1. The van der Waals surface area contributed by atoms with Crippen molar-refractivity contribution >= 4 is 22.9 Å². The summed E-state index contributed by atoms with van der Waals surface area (Å²) in [6, 6.07) is 29.2. The van der Waals surface area contributed by atoms with Crippen LogP contribution in [0.1, 0.15) is 27.0 Å². The van der Waals surface area contributed by atoms with Crippen molar-refractivity contribution in [2.45, 2.75) is 13.5 Å². The van der Waals surface area contributed by atoms with Crippen LogP contribution >= 0.6 is 0 Å². The highest BCUT2D eigenvalue weighted by Gasteiger charge is 2.08. The van der Waals surface area contributed by atoms with Crippen LogP contribution in [0.4, 0.5) is 0 Å². The first kappa shape index (κ1) is 19.4. The molecule has 0 heterocycles. The van der Waals surface area contributed by atoms with Crippen LogP contribution in [0.3, 0.4) is 0 Å².